The number of aliphatic carboxylic acids is 1. The van der Waals surface area contributed by atoms with Crippen LogP contribution in [0.5, 0.6) is 0 Å². The van der Waals surface area contributed by atoms with Crippen molar-refractivity contribution in [3.63, 3.8) is 0 Å². The zero-order valence-corrected chi connectivity index (χ0v) is 14.8. The van der Waals surface area contributed by atoms with E-state index in [-0.39, 0.29) is 18.6 Å². The molecular formula is C19H27N3O3. The predicted octanol–water partition coefficient (Wildman–Crippen LogP) is 2.15. The summed E-state index contributed by atoms with van der Waals surface area (Å²) in [6, 6.07) is 9.98. The lowest BCUT2D eigenvalue weighted by Gasteiger charge is -2.41. The number of hydrogen-bond donors (Lipinski definition) is 1. The molecule has 6 heteroatoms. The number of isocyanates is 1. The molecular weight excluding hydrogens is 318 g/mol. The average Bonchev–Trinajstić information content (AvgIpc) is 2.61. The van der Waals surface area contributed by atoms with E-state index in [1.807, 2.05) is 23.1 Å². The number of aliphatic imine (C=N–C) groups is 1. The lowest BCUT2D eigenvalue weighted by Crippen LogP contribution is -2.55. The molecule has 1 aromatic carbocycles. The quantitative estimate of drug-likeness (QED) is 0.548. The normalized spacial score (nSPS) is 21.0. The first-order valence-corrected chi connectivity index (χ1v) is 8.93. The smallest absolute Gasteiger partial charge is 0.317 e. The highest BCUT2D eigenvalue weighted by molar-refractivity contribution is 5.69. The van der Waals surface area contributed by atoms with E-state index in [1.54, 1.807) is 6.08 Å². The van der Waals surface area contributed by atoms with E-state index in [0.29, 0.717) is 13.1 Å². The van der Waals surface area contributed by atoms with Gasteiger partial charge in [-0.15, -0.1) is 0 Å². The van der Waals surface area contributed by atoms with E-state index in [4.69, 9.17) is 0 Å². The third kappa shape index (κ3) is 6.09. The zero-order valence-electron chi connectivity index (χ0n) is 14.8. The Bertz CT molecular complexity index is 587. The third-order valence-corrected chi connectivity index (χ3v) is 4.70. The molecule has 0 radical (unpaired) electrons. The molecule has 0 spiro atoms. The summed E-state index contributed by atoms with van der Waals surface area (Å²) in [5.74, 6) is -0.842. The molecule has 25 heavy (non-hydrogen) atoms. The number of unbranched alkanes of at least 4 members (excludes halogenated alkanes) is 1. The second kappa shape index (κ2) is 10.1. The molecule has 0 aliphatic carbocycles. The SMILES string of the molecule is CCCCN(CC(=O)O)C1CN(Cc2ccccc2)CCC1N=C=O. The minimum absolute atomic E-state index is 0.0191. The van der Waals surface area contributed by atoms with Crippen molar-refractivity contribution >= 4 is 12.0 Å². The molecule has 0 saturated carbocycles. The fourth-order valence-corrected chi connectivity index (χ4v) is 3.44. The second-order valence-electron chi connectivity index (χ2n) is 6.58. The minimum Gasteiger partial charge on any atom is -0.480 e. The highest BCUT2D eigenvalue weighted by atomic mass is 16.4. The number of carboxylic acid groups (broad SMARTS) is 1. The Kier molecular flexibility index (Phi) is 7.79. The Labute approximate surface area is 149 Å². The van der Waals surface area contributed by atoms with Gasteiger partial charge in [-0.3, -0.25) is 14.6 Å². The van der Waals surface area contributed by atoms with Crippen LogP contribution in [-0.2, 0) is 16.1 Å². The van der Waals surface area contributed by atoms with Gasteiger partial charge in [-0.25, -0.2) is 9.79 Å². The van der Waals surface area contributed by atoms with E-state index < -0.39 is 5.97 Å². The highest BCUT2D eigenvalue weighted by Crippen LogP contribution is 2.21. The molecule has 1 heterocycles. The van der Waals surface area contributed by atoms with Gasteiger partial charge in [-0.05, 0) is 24.9 Å². The maximum absolute atomic E-state index is 11.3. The van der Waals surface area contributed by atoms with Crippen LogP contribution in [0.2, 0.25) is 0 Å². The van der Waals surface area contributed by atoms with E-state index in [1.165, 1.54) is 5.56 Å². The summed E-state index contributed by atoms with van der Waals surface area (Å²) in [6.45, 7) is 5.15. The van der Waals surface area contributed by atoms with Crippen LogP contribution in [0, 0.1) is 0 Å². The van der Waals surface area contributed by atoms with Crippen molar-refractivity contribution in [2.75, 3.05) is 26.2 Å². The molecule has 6 nitrogen and oxygen atoms in total. The third-order valence-electron chi connectivity index (χ3n) is 4.70. The molecule has 2 unspecified atom stereocenters. The maximum Gasteiger partial charge on any atom is 0.317 e. The molecule has 1 N–H and O–H groups in total. The first kappa shape index (κ1) is 19.3. The first-order valence-electron chi connectivity index (χ1n) is 8.93. The van der Waals surface area contributed by atoms with E-state index in [0.717, 1.165) is 32.4 Å². The molecule has 2 atom stereocenters. The molecule has 0 bridgehead atoms. The van der Waals surface area contributed by atoms with Crippen molar-refractivity contribution in [3.8, 4) is 0 Å². The Morgan fingerprint density at radius 2 is 2.16 bits per heavy atom. The molecule has 0 aromatic heterocycles. The van der Waals surface area contributed by atoms with Gasteiger partial charge in [0, 0.05) is 25.7 Å². The molecule has 136 valence electrons. The van der Waals surface area contributed by atoms with Gasteiger partial charge < -0.3 is 5.11 Å². The first-order chi connectivity index (χ1) is 12.1. The number of benzene rings is 1. The van der Waals surface area contributed by atoms with Gasteiger partial charge >= 0.3 is 5.97 Å². The fraction of sp³-hybridized carbons (Fsp3) is 0.579. The van der Waals surface area contributed by atoms with E-state index >= 15 is 0 Å². The Morgan fingerprint density at radius 1 is 1.40 bits per heavy atom. The lowest BCUT2D eigenvalue weighted by atomic mass is 9.97. The van der Waals surface area contributed by atoms with Crippen molar-refractivity contribution in [2.24, 2.45) is 4.99 Å². The molecule has 1 saturated heterocycles. The topological polar surface area (TPSA) is 73.2 Å². The van der Waals surface area contributed by atoms with Crippen LogP contribution in [0.3, 0.4) is 0 Å². The van der Waals surface area contributed by atoms with Crippen LogP contribution in [0.4, 0.5) is 0 Å². The summed E-state index contributed by atoms with van der Waals surface area (Å²) in [4.78, 5) is 30.4. The van der Waals surface area contributed by atoms with Crippen molar-refractivity contribution in [2.45, 2.75) is 44.8 Å². The number of carboxylic acids is 1. The molecule has 2 rings (SSSR count). The highest BCUT2D eigenvalue weighted by Gasteiger charge is 2.34. The van der Waals surface area contributed by atoms with Gasteiger partial charge in [0.25, 0.3) is 0 Å². The van der Waals surface area contributed by atoms with Crippen molar-refractivity contribution in [1.82, 2.24) is 9.80 Å². The number of rotatable bonds is 9. The van der Waals surface area contributed by atoms with Crippen molar-refractivity contribution in [3.05, 3.63) is 35.9 Å². The van der Waals surface area contributed by atoms with Gasteiger partial charge in [0.05, 0.1) is 12.6 Å². The van der Waals surface area contributed by atoms with Crippen LogP contribution >= 0.6 is 0 Å². The van der Waals surface area contributed by atoms with Crippen LogP contribution in [-0.4, -0.2) is 65.2 Å². The average molecular weight is 345 g/mol. The Morgan fingerprint density at radius 3 is 2.80 bits per heavy atom. The van der Waals surface area contributed by atoms with Gasteiger partial charge in [0.15, 0.2) is 0 Å². The van der Waals surface area contributed by atoms with Crippen LogP contribution in [0.25, 0.3) is 0 Å². The second-order valence-corrected chi connectivity index (χ2v) is 6.58. The Balaban J connectivity index is 2.12. The molecule has 0 amide bonds. The maximum atomic E-state index is 11.3. The van der Waals surface area contributed by atoms with Gasteiger partial charge in [0.2, 0.25) is 6.08 Å². The molecule has 1 fully saturated rings. The molecule has 1 aromatic rings. The number of nitrogens with zero attached hydrogens (tertiary/aromatic N) is 3. The fourth-order valence-electron chi connectivity index (χ4n) is 3.44. The summed E-state index contributed by atoms with van der Waals surface area (Å²) in [5.41, 5.74) is 1.23. The number of carbonyl (C=O) groups is 1. The van der Waals surface area contributed by atoms with Crippen LogP contribution in [0.1, 0.15) is 31.7 Å². The van der Waals surface area contributed by atoms with E-state index in [9.17, 15) is 14.7 Å². The largest absolute Gasteiger partial charge is 0.480 e. The Hall–Kier alpha value is -2.01. The summed E-state index contributed by atoms with van der Waals surface area (Å²) >= 11 is 0. The number of carbonyl (C=O) groups excluding carboxylic acids is 1. The number of piperidine rings is 1. The van der Waals surface area contributed by atoms with Crippen LogP contribution < -0.4 is 0 Å². The molecule has 1 aliphatic rings. The van der Waals surface area contributed by atoms with Gasteiger partial charge in [0.1, 0.15) is 0 Å². The van der Waals surface area contributed by atoms with E-state index in [2.05, 4.69) is 28.9 Å². The van der Waals surface area contributed by atoms with Gasteiger partial charge in [-0.1, -0.05) is 43.7 Å². The summed E-state index contributed by atoms with van der Waals surface area (Å²) < 4.78 is 0. The number of hydrogen-bond acceptors (Lipinski definition) is 5. The van der Waals surface area contributed by atoms with Crippen molar-refractivity contribution in [1.29, 1.82) is 0 Å². The zero-order chi connectivity index (χ0) is 18.1. The van der Waals surface area contributed by atoms with Crippen LogP contribution in [0.15, 0.2) is 35.3 Å². The lowest BCUT2D eigenvalue weighted by molar-refractivity contribution is -0.139. The van der Waals surface area contributed by atoms with Crippen molar-refractivity contribution < 1.29 is 14.7 Å². The summed E-state index contributed by atoms with van der Waals surface area (Å²) in [7, 11) is 0. The summed E-state index contributed by atoms with van der Waals surface area (Å²) in [5, 5.41) is 9.27. The molecule has 1 aliphatic heterocycles. The standard InChI is InChI=1S/C19H27N3O3/c1-2-3-10-22(14-19(24)25)18-13-21(11-9-17(18)20-15-23)12-16-7-5-4-6-8-16/h4-8,17-18H,2-3,9-14H2,1H3,(H,24,25). The monoisotopic (exact) mass is 345 g/mol. The predicted molar refractivity (Wildman–Crippen MR) is 96.2 cm³/mol. The van der Waals surface area contributed by atoms with Gasteiger partial charge in [-0.2, -0.15) is 0 Å². The minimum atomic E-state index is -0.842. The summed E-state index contributed by atoms with van der Waals surface area (Å²) in [6.07, 6.45) is 4.35. The number of likely N-dealkylation sites (tertiary alicyclic amines) is 1.